The molecule has 1 aromatic carbocycles. The minimum absolute atomic E-state index is 0.451. The highest BCUT2D eigenvalue weighted by atomic mass is 16.5. The Balaban J connectivity index is 1.73. The molecule has 0 fully saturated rings. The monoisotopic (exact) mass is 271 g/mol. The van der Waals surface area contributed by atoms with Crippen LogP contribution in [-0.4, -0.2) is 23.1 Å². The van der Waals surface area contributed by atoms with Gasteiger partial charge in [-0.25, -0.2) is 9.97 Å². The van der Waals surface area contributed by atoms with Crippen LogP contribution in [0.5, 0.6) is 5.75 Å². The van der Waals surface area contributed by atoms with Gasteiger partial charge < -0.3 is 10.1 Å². The molecule has 0 radical (unpaired) electrons. The second kappa shape index (κ2) is 7.60. The van der Waals surface area contributed by atoms with Crippen molar-refractivity contribution in [1.29, 1.82) is 0 Å². The lowest BCUT2D eigenvalue weighted by molar-refractivity contribution is 0.414. The lowest BCUT2D eigenvalue weighted by Gasteiger charge is -2.13. The fourth-order valence-electron chi connectivity index (χ4n) is 1.98. The molecule has 0 bridgehead atoms. The van der Waals surface area contributed by atoms with Crippen molar-refractivity contribution in [1.82, 2.24) is 15.3 Å². The van der Waals surface area contributed by atoms with E-state index in [0.29, 0.717) is 6.04 Å². The number of hydrogen-bond acceptors (Lipinski definition) is 4. The lowest BCUT2D eigenvalue weighted by Crippen LogP contribution is -2.26. The van der Waals surface area contributed by atoms with Gasteiger partial charge in [-0.05, 0) is 43.5 Å². The van der Waals surface area contributed by atoms with Gasteiger partial charge in [-0.15, -0.1) is 0 Å². The molecular formula is C16H21N3O. The van der Waals surface area contributed by atoms with Crippen LogP contribution in [0.3, 0.4) is 0 Å². The van der Waals surface area contributed by atoms with Crippen LogP contribution >= 0.6 is 0 Å². The highest BCUT2D eigenvalue weighted by Gasteiger charge is 2.03. The average molecular weight is 271 g/mol. The molecule has 1 heterocycles. The summed E-state index contributed by atoms with van der Waals surface area (Å²) >= 11 is 0. The maximum absolute atomic E-state index is 5.16. The highest BCUT2D eigenvalue weighted by molar-refractivity contribution is 5.27. The third kappa shape index (κ3) is 4.63. The zero-order valence-corrected chi connectivity index (χ0v) is 12.0. The summed E-state index contributed by atoms with van der Waals surface area (Å²) in [5.74, 6) is 0.906. The van der Waals surface area contributed by atoms with Crippen LogP contribution < -0.4 is 10.1 Å². The number of benzene rings is 1. The molecule has 0 amide bonds. The van der Waals surface area contributed by atoms with E-state index in [1.165, 1.54) is 5.56 Å². The number of aryl methyl sites for hydroxylation is 1. The van der Waals surface area contributed by atoms with Gasteiger partial charge in [0.05, 0.1) is 12.8 Å². The Morgan fingerprint density at radius 2 is 2.00 bits per heavy atom. The van der Waals surface area contributed by atoms with Crippen molar-refractivity contribution in [2.75, 3.05) is 7.11 Å². The zero-order chi connectivity index (χ0) is 14.2. The molecule has 2 aromatic rings. The molecule has 2 rings (SSSR count). The van der Waals surface area contributed by atoms with Crippen molar-refractivity contribution in [3.8, 4) is 5.75 Å². The summed E-state index contributed by atoms with van der Waals surface area (Å²) in [6.45, 7) is 2.98. The number of aromatic nitrogens is 2. The third-order valence-electron chi connectivity index (χ3n) is 3.30. The van der Waals surface area contributed by atoms with Gasteiger partial charge in [0.15, 0.2) is 0 Å². The first-order chi connectivity index (χ1) is 9.78. The van der Waals surface area contributed by atoms with Crippen molar-refractivity contribution in [3.63, 3.8) is 0 Å². The van der Waals surface area contributed by atoms with Gasteiger partial charge in [-0.1, -0.05) is 12.1 Å². The standard InChI is InChI=1S/C16H21N3O/c1-13(18-11-15-9-10-17-12-19-15)3-4-14-5-7-16(20-2)8-6-14/h5-10,12-13,18H,3-4,11H2,1-2H3. The first-order valence-corrected chi connectivity index (χ1v) is 6.89. The Kier molecular flexibility index (Phi) is 5.50. The number of ether oxygens (including phenoxy) is 1. The number of methoxy groups -OCH3 is 1. The normalized spacial score (nSPS) is 12.1. The van der Waals surface area contributed by atoms with Crippen LogP contribution in [0.4, 0.5) is 0 Å². The van der Waals surface area contributed by atoms with Gasteiger partial charge in [-0.3, -0.25) is 0 Å². The fraction of sp³-hybridized carbons (Fsp3) is 0.375. The Morgan fingerprint density at radius 1 is 1.20 bits per heavy atom. The fourth-order valence-corrected chi connectivity index (χ4v) is 1.98. The Morgan fingerprint density at radius 3 is 2.65 bits per heavy atom. The Labute approximate surface area is 120 Å². The molecule has 4 nitrogen and oxygen atoms in total. The molecule has 106 valence electrons. The van der Waals surface area contributed by atoms with Crippen LogP contribution in [0.2, 0.25) is 0 Å². The summed E-state index contributed by atoms with van der Waals surface area (Å²) in [5.41, 5.74) is 2.36. The minimum atomic E-state index is 0.451. The molecule has 0 spiro atoms. The highest BCUT2D eigenvalue weighted by Crippen LogP contribution is 2.13. The summed E-state index contributed by atoms with van der Waals surface area (Å²) in [7, 11) is 1.69. The number of nitrogens with one attached hydrogen (secondary N) is 1. The molecule has 1 N–H and O–H groups in total. The van der Waals surface area contributed by atoms with E-state index in [1.54, 1.807) is 19.6 Å². The predicted molar refractivity (Wildman–Crippen MR) is 79.6 cm³/mol. The van der Waals surface area contributed by atoms with Crippen LogP contribution in [0.25, 0.3) is 0 Å². The zero-order valence-electron chi connectivity index (χ0n) is 12.0. The van der Waals surface area contributed by atoms with Gasteiger partial charge in [0.25, 0.3) is 0 Å². The maximum atomic E-state index is 5.16. The predicted octanol–water partition coefficient (Wildman–Crippen LogP) is 2.60. The van der Waals surface area contributed by atoms with Gasteiger partial charge >= 0.3 is 0 Å². The summed E-state index contributed by atoms with van der Waals surface area (Å²) < 4.78 is 5.16. The summed E-state index contributed by atoms with van der Waals surface area (Å²) in [4.78, 5) is 8.11. The van der Waals surface area contributed by atoms with Crippen molar-refractivity contribution >= 4 is 0 Å². The molecule has 20 heavy (non-hydrogen) atoms. The van der Waals surface area contributed by atoms with E-state index >= 15 is 0 Å². The molecule has 1 atom stereocenters. The van der Waals surface area contributed by atoms with Crippen LogP contribution in [0, 0.1) is 0 Å². The molecule has 0 saturated heterocycles. The molecule has 0 aliphatic rings. The van der Waals surface area contributed by atoms with Gasteiger partial charge in [0, 0.05) is 18.8 Å². The molecular weight excluding hydrogens is 250 g/mol. The van der Waals surface area contributed by atoms with Crippen LogP contribution in [0.1, 0.15) is 24.6 Å². The summed E-state index contributed by atoms with van der Waals surface area (Å²) in [6.07, 6.45) is 5.50. The van der Waals surface area contributed by atoms with Crippen molar-refractivity contribution in [2.24, 2.45) is 0 Å². The van der Waals surface area contributed by atoms with E-state index in [2.05, 4.69) is 34.3 Å². The maximum Gasteiger partial charge on any atom is 0.118 e. The molecule has 0 aliphatic carbocycles. The second-order valence-electron chi connectivity index (χ2n) is 4.87. The van der Waals surface area contributed by atoms with Crippen LogP contribution in [-0.2, 0) is 13.0 Å². The first kappa shape index (κ1) is 14.5. The van der Waals surface area contributed by atoms with E-state index < -0.39 is 0 Å². The number of nitrogens with zero attached hydrogens (tertiary/aromatic N) is 2. The van der Waals surface area contributed by atoms with E-state index in [0.717, 1.165) is 30.8 Å². The van der Waals surface area contributed by atoms with Gasteiger partial charge in [0.1, 0.15) is 12.1 Å². The topological polar surface area (TPSA) is 47.0 Å². The summed E-state index contributed by atoms with van der Waals surface area (Å²) in [5, 5.41) is 3.48. The van der Waals surface area contributed by atoms with Crippen molar-refractivity contribution in [3.05, 3.63) is 54.1 Å². The number of hydrogen-bond donors (Lipinski definition) is 1. The molecule has 4 heteroatoms. The van der Waals surface area contributed by atoms with E-state index in [1.807, 2.05) is 18.2 Å². The third-order valence-corrected chi connectivity index (χ3v) is 3.30. The smallest absolute Gasteiger partial charge is 0.118 e. The van der Waals surface area contributed by atoms with Crippen molar-refractivity contribution in [2.45, 2.75) is 32.4 Å². The van der Waals surface area contributed by atoms with E-state index in [-0.39, 0.29) is 0 Å². The summed E-state index contributed by atoms with van der Waals surface area (Å²) in [6, 6.07) is 10.6. The minimum Gasteiger partial charge on any atom is -0.497 e. The second-order valence-corrected chi connectivity index (χ2v) is 4.87. The SMILES string of the molecule is COc1ccc(CCC(C)NCc2ccncn2)cc1. The molecule has 0 saturated carbocycles. The Hall–Kier alpha value is -1.94. The lowest BCUT2D eigenvalue weighted by atomic mass is 10.1. The van der Waals surface area contributed by atoms with Gasteiger partial charge in [0.2, 0.25) is 0 Å². The molecule has 0 aliphatic heterocycles. The van der Waals surface area contributed by atoms with Crippen LogP contribution in [0.15, 0.2) is 42.9 Å². The van der Waals surface area contributed by atoms with E-state index in [4.69, 9.17) is 4.74 Å². The van der Waals surface area contributed by atoms with Crippen molar-refractivity contribution < 1.29 is 4.74 Å². The number of rotatable bonds is 7. The Bertz CT molecular complexity index is 499. The van der Waals surface area contributed by atoms with E-state index in [9.17, 15) is 0 Å². The average Bonchev–Trinajstić information content (AvgIpc) is 2.52. The molecule has 1 unspecified atom stereocenters. The first-order valence-electron chi connectivity index (χ1n) is 6.89. The quantitative estimate of drug-likeness (QED) is 0.841. The van der Waals surface area contributed by atoms with Gasteiger partial charge in [-0.2, -0.15) is 0 Å². The molecule has 1 aromatic heterocycles. The largest absolute Gasteiger partial charge is 0.497 e.